The van der Waals surface area contributed by atoms with E-state index in [0.717, 1.165) is 30.9 Å². The van der Waals surface area contributed by atoms with E-state index in [1.54, 1.807) is 0 Å². The van der Waals surface area contributed by atoms with E-state index in [1.807, 2.05) is 6.07 Å². The Kier molecular flexibility index (Phi) is 23.2. The Bertz CT molecular complexity index is 586. The Balaban J connectivity index is 2.19. The van der Waals surface area contributed by atoms with Crippen molar-refractivity contribution in [2.24, 2.45) is 0 Å². The molecule has 1 rings (SSSR count). The second-order valence-electron chi connectivity index (χ2n) is 10.7. The summed E-state index contributed by atoms with van der Waals surface area (Å²) >= 11 is 0. The van der Waals surface area contributed by atoms with E-state index in [-0.39, 0.29) is 6.61 Å². The second-order valence-corrected chi connectivity index (χ2v) is 10.7. The number of benzene rings is 1. The lowest BCUT2D eigenvalue weighted by molar-refractivity contribution is 0.200. The summed E-state index contributed by atoms with van der Waals surface area (Å²) in [6.45, 7) is 5.70. The summed E-state index contributed by atoms with van der Waals surface area (Å²) in [5.74, 6) is 1.74. The van der Waals surface area contributed by atoms with Gasteiger partial charge in [0.15, 0.2) is 0 Å². The van der Waals surface area contributed by atoms with Gasteiger partial charge in [-0.3, -0.25) is 0 Å². The molecule has 210 valence electrons. The Labute approximate surface area is 224 Å². The van der Waals surface area contributed by atoms with Crippen molar-refractivity contribution in [3.8, 4) is 11.5 Å². The molecule has 0 spiro atoms. The van der Waals surface area contributed by atoms with Crippen LogP contribution in [0.25, 0.3) is 0 Å². The molecule has 1 aromatic rings. The highest BCUT2D eigenvalue weighted by Crippen LogP contribution is 2.25. The van der Waals surface area contributed by atoms with Gasteiger partial charge in [0.2, 0.25) is 0 Å². The molecular weight excluding hydrogens is 444 g/mol. The van der Waals surface area contributed by atoms with Gasteiger partial charge in [0, 0.05) is 6.07 Å². The zero-order valence-electron chi connectivity index (χ0n) is 24.2. The van der Waals surface area contributed by atoms with Gasteiger partial charge in [-0.05, 0) is 37.0 Å². The number of aryl methyl sites for hydroxylation is 1. The molecule has 0 atom stereocenters. The molecular formula is C33H60O3. The molecule has 0 fully saturated rings. The maximum Gasteiger partial charge on any atom is 0.123 e. The Morgan fingerprint density at radius 2 is 0.861 bits per heavy atom. The predicted octanol–water partition coefficient (Wildman–Crippen LogP) is 10.2. The normalized spacial score (nSPS) is 11.2. The second kappa shape index (κ2) is 25.4. The van der Waals surface area contributed by atoms with E-state index in [2.05, 4.69) is 26.0 Å². The molecule has 0 aliphatic carbocycles. The standard InChI is InChI=1S/C33H60O3/c1-3-5-7-9-11-13-14-15-16-17-18-20-22-24-31-28-32(30-33(29-31)36-27-25-34)35-26-23-21-19-12-10-8-6-4-2/h28-30,34H,3-27H2,1-2H3. The smallest absolute Gasteiger partial charge is 0.123 e. The van der Waals surface area contributed by atoms with Crippen LogP contribution in [0.1, 0.15) is 154 Å². The summed E-state index contributed by atoms with van der Waals surface area (Å²) in [5.41, 5.74) is 1.29. The SMILES string of the molecule is CCCCCCCCCCCCCCCc1cc(OCCO)cc(OCCCCCCCCCC)c1. The van der Waals surface area contributed by atoms with Crippen LogP contribution in [0.3, 0.4) is 0 Å². The molecule has 0 bridgehead atoms. The first-order valence-electron chi connectivity index (χ1n) is 15.8. The maximum atomic E-state index is 9.14. The lowest BCUT2D eigenvalue weighted by atomic mass is 10.0. The summed E-state index contributed by atoms with van der Waals surface area (Å²) in [6.07, 6.45) is 29.5. The van der Waals surface area contributed by atoms with Crippen molar-refractivity contribution < 1.29 is 14.6 Å². The molecule has 3 heteroatoms. The van der Waals surface area contributed by atoms with Gasteiger partial charge in [-0.15, -0.1) is 0 Å². The minimum absolute atomic E-state index is 0.0392. The molecule has 0 unspecified atom stereocenters. The summed E-state index contributed by atoms with van der Waals surface area (Å²) in [6, 6.07) is 6.30. The van der Waals surface area contributed by atoms with Gasteiger partial charge in [0.05, 0.1) is 13.2 Å². The molecule has 3 nitrogen and oxygen atoms in total. The first-order valence-corrected chi connectivity index (χ1v) is 15.8. The topological polar surface area (TPSA) is 38.7 Å². The summed E-state index contributed by atoms with van der Waals surface area (Å²) in [4.78, 5) is 0. The monoisotopic (exact) mass is 504 g/mol. The van der Waals surface area contributed by atoms with Crippen molar-refractivity contribution in [2.75, 3.05) is 19.8 Å². The van der Waals surface area contributed by atoms with Crippen LogP contribution in [0, 0.1) is 0 Å². The number of unbranched alkanes of at least 4 members (excludes halogenated alkanes) is 19. The van der Waals surface area contributed by atoms with E-state index < -0.39 is 0 Å². The fourth-order valence-electron chi connectivity index (χ4n) is 4.88. The third kappa shape index (κ3) is 19.9. The van der Waals surface area contributed by atoms with Crippen LogP contribution in [0.5, 0.6) is 11.5 Å². The highest BCUT2D eigenvalue weighted by Gasteiger charge is 2.05. The summed E-state index contributed by atoms with van der Waals surface area (Å²) in [7, 11) is 0. The fourth-order valence-corrected chi connectivity index (χ4v) is 4.88. The summed E-state index contributed by atoms with van der Waals surface area (Å²) in [5, 5.41) is 9.14. The van der Waals surface area contributed by atoms with Crippen molar-refractivity contribution >= 4 is 0 Å². The van der Waals surface area contributed by atoms with Crippen molar-refractivity contribution in [1.29, 1.82) is 0 Å². The molecule has 0 saturated heterocycles. The van der Waals surface area contributed by atoms with Crippen LogP contribution < -0.4 is 9.47 Å². The number of ether oxygens (including phenoxy) is 2. The number of aliphatic hydroxyl groups excluding tert-OH is 1. The lowest BCUT2D eigenvalue weighted by Gasteiger charge is -2.12. The lowest BCUT2D eigenvalue weighted by Crippen LogP contribution is -2.03. The number of hydrogen-bond donors (Lipinski definition) is 1. The third-order valence-corrected chi connectivity index (χ3v) is 7.14. The van der Waals surface area contributed by atoms with Crippen LogP contribution in [0.4, 0.5) is 0 Å². The first-order chi connectivity index (χ1) is 17.8. The van der Waals surface area contributed by atoms with Crippen molar-refractivity contribution in [3.63, 3.8) is 0 Å². The van der Waals surface area contributed by atoms with Gasteiger partial charge in [-0.25, -0.2) is 0 Å². The highest BCUT2D eigenvalue weighted by molar-refractivity contribution is 5.38. The largest absolute Gasteiger partial charge is 0.493 e. The molecule has 1 aromatic carbocycles. The van der Waals surface area contributed by atoms with E-state index in [1.165, 1.54) is 134 Å². The maximum absolute atomic E-state index is 9.14. The molecule has 0 saturated carbocycles. The molecule has 0 heterocycles. The molecule has 0 aromatic heterocycles. The molecule has 0 radical (unpaired) electrons. The zero-order chi connectivity index (χ0) is 25.9. The molecule has 0 aliphatic heterocycles. The minimum atomic E-state index is 0.0392. The van der Waals surface area contributed by atoms with Gasteiger partial charge in [0.25, 0.3) is 0 Å². The predicted molar refractivity (Wildman–Crippen MR) is 157 cm³/mol. The van der Waals surface area contributed by atoms with Gasteiger partial charge < -0.3 is 14.6 Å². The minimum Gasteiger partial charge on any atom is -0.493 e. The van der Waals surface area contributed by atoms with E-state index in [9.17, 15) is 0 Å². The Morgan fingerprint density at radius 1 is 0.472 bits per heavy atom. The van der Waals surface area contributed by atoms with Crippen LogP contribution in [-0.4, -0.2) is 24.9 Å². The Morgan fingerprint density at radius 3 is 1.31 bits per heavy atom. The summed E-state index contributed by atoms with van der Waals surface area (Å²) < 4.78 is 11.8. The van der Waals surface area contributed by atoms with E-state index in [4.69, 9.17) is 14.6 Å². The third-order valence-electron chi connectivity index (χ3n) is 7.14. The number of rotatable bonds is 27. The van der Waals surface area contributed by atoms with Crippen molar-refractivity contribution in [2.45, 2.75) is 155 Å². The van der Waals surface area contributed by atoms with Gasteiger partial charge in [0.1, 0.15) is 18.1 Å². The van der Waals surface area contributed by atoms with E-state index >= 15 is 0 Å². The van der Waals surface area contributed by atoms with Gasteiger partial charge >= 0.3 is 0 Å². The van der Waals surface area contributed by atoms with Crippen LogP contribution in [-0.2, 0) is 6.42 Å². The van der Waals surface area contributed by atoms with E-state index in [0.29, 0.717) is 6.61 Å². The van der Waals surface area contributed by atoms with Gasteiger partial charge in [-0.2, -0.15) is 0 Å². The molecule has 36 heavy (non-hydrogen) atoms. The zero-order valence-corrected chi connectivity index (χ0v) is 24.2. The number of aliphatic hydroxyl groups is 1. The Hall–Kier alpha value is -1.22. The van der Waals surface area contributed by atoms with Crippen molar-refractivity contribution in [1.82, 2.24) is 0 Å². The van der Waals surface area contributed by atoms with Crippen LogP contribution >= 0.6 is 0 Å². The fraction of sp³-hybridized carbons (Fsp3) is 0.818. The molecule has 1 N–H and O–H groups in total. The molecule has 0 amide bonds. The van der Waals surface area contributed by atoms with Crippen molar-refractivity contribution in [3.05, 3.63) is 23.8 Å². The highest BCUT2D eigenvalue weighted by atomic mass is 16.5. The average molecular weight is 505 g/mol. The van der Waals surface area contributed by atoms with Crippen LogP contribution in [0.2, 0.25) is 0 Å². The molecule has 0 aliphatic rings. The number of hydrogen-bond acceptors (Lipinski definition) is 3. The quantitative estimate of drug-likeness (QED) is 0.121. The van der Waals surface area contributed by atoms with Gasteiger partial charge in [-0.1, -0.05) is 136 Å². The first kappa shape index (κ1) is 32.8. The average Bonchev–Trinajstić information content (AvgIpc) is 2.89. The van der Waals surface area contributed by atoms with Crippen LogP contribution in [0.15, 0.2) is 18.2 Å².